The van der Waals surface area contributed by atoms with E-state index in [1.54, 1.807) is 11.0 Å². The van der Waals surface area contributed by atoms with Crippen molar-refractivity contribution in [3.8, 4) is 0 Å². The molecular formula is C13H16BrFN2O. The summed E-state index contributed by atoms with van der Waals surface area (Å²) in [5.74, 6) is 0.0171. The molecule has 1 aromatic carbocycles. The van der Waals surface area contributed by atoms with E-state index in [-0.39, 0.29) is 5.91 Å². The van der Waals surface area contributed by atoms with Crippen LogP contribution in [0.2, 0.25) is 0 Å². The van der Waals surface area contributed by atoms with Gasteiger partial charge < -0.3 is 10.2 Å². The van der Waals surface area contributed by atoms with E-state index in [4.69, 9.17) is 0 Å². The standard InChI is InChI=1S/C13H16BrFN2O/c1-16-7-9-2-3-17(8-9)13(18)10-4-11(14)6-12(15)5-10/h4-6,9,16H,2-3,7-8H2,1H3. The summed E-state index contributed by atoms with van der Waals surface area (Å²) in [6.45, 7) is 2.41. The fraction of sp³-hybridized carbons (Fsp3) is 0.462. The lowest BCUT2D eigenvalue weighted by atomic mass is 10.1. The van der Waals surface area contributed by atoms with Gasteiger partial charge in [0, 0.05) is 23.1 Å². The molecule has 0 bridgehead atoms. The molecule has 18 heavy (non-hydrogen) atoms. The van der Waals surface area contributed by atoms with Crippen LogP contribution in [0.5, 0.6) is 0 Å². The first-order valence-electron chi connectivity index (χ1n) is 6.00. The molecule has 1 aliphatic heterocycles. The van der Waals surface area contributed by atoms with Gasteiger partial charge in [0.25, 0.3) is 5.91 Å². The molecule has 1 aliphatic rings. The minimum atomic E-state index is -0.390. The van der Waals surface area contributed by atoms with Crippen LogP contribution in [0.25, 0.3) is 0 Å². The Morgan fingerprint density at radius 3 is 3.00 bits per heavy atom. The zero-order chi connectivity index (χ0) is 13.1. The minimum Gasteiger partial charge on any atom is -0.338 e. The third-order valence-electron chi connectivity index (χ3n) is 3.18. The molecule has 0 saturated carbocycles. The highest BCUT2D eigenvalue weighted by molar-refractivity contribution is 9.10. The Balaban J connectivity index is 2.08. The zero-order valence-electron chi connectivity index (χ0n) is 10.2. The molecule has 98 valence electrons. The summed E-state index contributed by atoms with van der Waals surface area (Å²) in [6, 6.07) is 4.31. The van der Waals surface area contributed by atoms with Gasteiger partial charge in [0.05, 0.1) is 0 Å². The highest BCUT2D eigenvalue weighted by Gasteiger charge is 2.26. The van der Waals surface area contributed by atoms with Crippen LogP contribution >= 0.6 is 15.9 Å². The van der Waals surface area contributed by atoms with Gasteiger partial charge in [-0.05, 0) is 44.1 Å². The van der Waals surface area contributed by atoms with E-state index in [0.29, 0.717) is 16.0 Å². The van der Waals surface area contributed by atoms with Crippen LogP contribution in [0.15, 0.2) is 22.7 Å². The summed E-state index contributed by atoms with van der Waals surface area (Å²) in [6.07, 6.45) is 1.00. The van der Waals surface area contributed by atoms with Gasteiger partial charge in [-0.2, -0.15) is 0 Å². The van der Waals surface area contributed by atoms with Gasteiger partial charge in [-0.1, -0.05) is 15.9 Å². The van der Waals surface area contributed by atoms with Gasteiger partial charge in [0.2, 0.25) is 0 Å². The Kier molecular flexibility index (Phi) is 4.35. The first-order valence-corrected chi connectivity index (χ1v) is 6.79. The van der Waals surface area contributed by atoms with Crippen molar-refractivity contribution in [2.45, 2.75) is 6.42 Å². The first kappa shape index (κ1) is 13.5. The summed E-state index contributed by atoms with van der Waals surface area (Å²) in [4.78, 5) is 14.0. The number of hydrogen-bond donors (Lipinski definition) is 1. The number of amides is 1. The van der Waals surface area contributed by atoms with Gasteiger partial charge in [0.1, 0.15) is 5.82 Å². The van der Waals surface area contributed by atoms with Crippen LogP contribution in [-0.4, -0.2) is 37.5 Å². The van der Waals surface area contributed by atoms with Crippen LogP contribution in [0, 0.1) is 11.7 Å². The molecule has 5 heteroatoms. The van der Waals surface area contributed by atoms with Gasteiger partial charge in [0.15, 0.2) is 0 Å². The number of rotatable bonds is 3. The fourth-order valence-electron chi connectivity index (χ4n) is 2.33. The molecule has 1 heterocycles. The van der Waals surface area contributed by atoms with Gasteiger partial charge in [-0.3, -0.25) is 4.79 Å². The quantitative estimate of drug-likeness (QED) is 0.928. The molecule has 1 amide bonds. The molecule has 1 N–H and O–H groups in total. The molecule has 0 aliphatic carbocycles. The maximum atomic E-state index is 13.3. The van der Waals surface area contributed by atoms with Crippen molar-refractivity contribution in [3.05, 3.63) is 34.1 Å². The van der Waals surface area contributed by atoms with Crippen molar-refractivity contribution in [2.24, 2.45) is 5.92 Å². The Bertz CT molecular complexity index is 432. The summed E-state index contributed by atoms with van der Waals surface area (Å²) >= 11 is 3.21. The molecule has 1 unspecified atom stereocenters. The molecule has 1 aromatic rings. The second-order valence-corrected chi connectivity index (χ2v) is 5.54. The Hall–Kier alpha value is -0.940. The normalized spacial score (nSPS) is 19.3. The third-order valence-corrected chi connectivity index (χ3v) is 3.63. The third kappa shape index (κ3) is 3.09. The lowest BCUT2D eigenvalue weighted by Crippen LogP contribution is -2.30. The van der Waals surface area contributed by atoms with E-state index in [2.05, 4.69) is 21.2 Å². The summed E-state index contributed by atoms with van der Waals surface area (Å²) in [5.41, 5.74) is 0.409. The lowest BCUT2D eigenvalue weighted by Gasteiger charge is -2.16. The molecule has 1 atom stereocenters. The molecule has 1 saturated heterocycles. The minimum absolute atomic E-state index is 0.0891. The Morgan fingerprint density at radius 2 is 2.33 bits per heavy atom. The maximum Gasteiger partial charge on any atom is 0.254 e. The Labute approximate surface area is 114 Å². The highest BCUT2D eigenvalue weighted by atomic mass is 79.9. The van der Waals surface area contributed by atoms with Crippen LogP contribution in [0.3, 0.4) is 0 Å². The highest BCUT2D eigenvalue weighted by Crippen LogP contribution is 2.21. The number of carbonyl (C=O) groups excluding carboxylic acids is 1. The maximum absolute atomic E-state index is 13.3. The largest absolute Gasteiger partial charge is 0.338 e. The van der Waals surface area contributed by atoms with E-state index in [1.165, 1.54) is 12.1 Å². The van der Waals surface area contributed by atoms with Crippen LogP contribution in [0.1, 0.15) is 16.8 Å². The number of nitrogens with one attached hydrogen (secondary N) is 1. The average Bonchev–Trinajstić information content (AvgIpc) is 2.76. The van der Waals surface area contributed by atoms with Crippen molar-refractivity contribution in [2.75, 3.05) is 26.7 Å². The number of hydrogen-bond acceptors (Lipinski definition) is 2. The number of carbonyl (C=O) groups is 1. The van der Waals surface area contributed by atoms with Crippen molar-refractivity contribution < 1.29 is 9.18 Å². The smallest absolute Gasteiger partial charge is 0.254 e. The van der Waals surface area contributed by atoms with Gasteiger partial charge in [-0.25, -0.2) is 4.39 Å². The number of benzene rings is 1. The number of nitrogens with zero attached hydrogens (tertiary/aromatic N) is 1. The second kappa shape index (κ2) is 5.80. The average molecular weight is 315 g/mol. The molecule has 3 nitrogen and oxygen atoms in total. The Morgan fingerprint density at radius 1 is 1.56 bits per heavy atom. The second-order valence-electron chi connectivity index (χ2n) is 4.62. The summed E-state index contributed by atoms with van der Waals surface area (Å²) in [5, 5.41) is 3.12. The zero-order valence-corrected chi connectivity index (χ0v) is 11.8. The number of halogens is 2. The van der Waals surface area contributed by atoms with E-state index >= 15 is 0 Å². The van der Waals surface area contributed by atoms with Gasteiger partial charge >= 0.3 is 0 Å². The molecule has 1 fully saturated rings. The molecular weight excluding hydrogens is 299 g/mol. The predicted molar refractivity (Wildman–Crippen MR) is 72.0 cm³/mol. The molecule has 2 rings (SSSR count). The van der Waals surface area contributed by atoms with E-state index in [0.717, 1.165) is 26.1 Å². The van der Waals surface area contributed by atoms with Crippen molar-refractivity contribution >= 4 is 21.8 Å². The molecule has 0 spiro atoms. The van der Waals surface area contributed by atoms with Crippen molar-refractivity contribution in [3.63, 3.8) is 0 Å². The van der Waals surface area contributed by atoms with Crippen LogP contribution in [-0.2, 0) is 0 Å². The van der Waals surface area contributed by atoms with Gasteiger partial charge in [-0.15, -0.1) is 0 Å². The molecule has 0 aromatic heterocycles. The van der Waals surface area contributed by atoms with Crippen LogP contribution < -0.4 is 5.32 Å². The fourth-order valence-corrected chi connectivity index (χ4v) is 2.80. The summed E-state index contributed by atoms with van der Waals surface area (Å²) < 4.78 is 13.9. The van der Waals surface area contributed by atoms with E-state index in [1.807, 2.05) is 7.05 Å². The monoisotopic (exact) mass is 314 g/mol. The first-order chi connectivity index (χ1) is 8.60. The van der Waals surface area contributed by atoms with Crippen molar-refractivity contribution in [1.82, 2.24) is 10.2 Å². The topological polar surface area (TPSA) is 32.3 Å². The number of likely N-dealkylation sites (tertiary alicyclic amines) is 1. The SMILES string of the molecule is CNCC1CCN(C(=O)c2cc(F)cc(Br)c2)C1. The van der Waals surface area contributed by atoms with E-state index < -0.39 is 5.82 Å². The van der Waals surface area contributed by atoms with E-state index in [9.17, 15) is 9.18 Å². The summed E-state index contributed by atoms with van der Waals surface area (Å²) in [7, 11) is 1.91. The molecule has 0 radical (unpaired) electrons. The van der Waals surface area contributed by atoms with Crippen molar-refractivity contribution in [1.29, 1.82) is 0 Å². The van der Waals surface area contributed by atoms with Crippen LogP contribution in [0.4, 0.5) is 4.39 Å². The lowest BCUT2D eigenvalue weighted by molar-refractivity contribution is 0.0786. The predicted octanol–water partition coefficient (Wildman–Crippen LogP) is 2.27.